The Kier molecular flexibility index (Phi) is 7.49. The van der Waals surface area contributed by atoms with Gasteiger partial charge in [-0.05, 0) is 6.26 Å². The maximum atomic E-state index is 12.0. The van der Waals surface area contributed by atoms with Crippen LogP contribution in [0, 0.1) is 0 Å². The summed E-state index contributed by atoms with van der Waals surface area (Å²) in [6.07, 6.45) is -3.26. The molecule has 0 N–H and O–H groups in total. The molecule has 0 aliphatic carbocycles. The number of esters is 4. The van der Waals surface area contributed by atoms with Crippen LogP contribution in [-0.2, 0) is 42.9 Å². The van der Waals surface area contributed by atoms with Crippen LogP contribution in [0.2, 0.25) is 0 Å². The lowest BCUT2D eigenvalue weighted by Crippen LogP contribution is -2.62. The smallest absolute Gasteiger partial charge is 0.339 e. The van der Waals surface area contributed by atoms with E-state index in [0.717, 1.165) is 32.7 Å². The zero-order valence-electron chi connectivity index (χ0n) is 14.0. The summed E-state index contributed by atoms with van der Waals surface area (Å²) in [6.45, 7) is 3.45. The van der Waals surface area contributed by atoms with Gasteiger partial charge in [0.2, 0.25) is 0 Å². The van der Waals surface area contributed by atoms with Crippen molar-refractivity contribution in [2.24, 2.45) is 0 Å². The van der Waals surface area contributed by atoms with Gasteiger partial charge in [0.25, 0.3) is 0 Å². The molecule has 0 saturated carbocycles. The van der Waals surface area contributed by atoms with Gasteiger partial charge in [0.1, 0.15) is 5.44 Å². The zero-order valence-corrected chi connectivity index (χ0v) is 14.8. The van der Waals surface area contributed by atoms with Gasteiger partial charge in [-0.1, -0.05) is 0 Å². The van der Waals surface area contributed by atoms with Gasteiger partial charge in [0.15, 0.2) is 24.4 Å². The van der Waals surface area contributed by atoms with Crippen molar-refractivity contribution in [3.63, 3.8) is 0 Å². The first-order chi connectivity index (χ1) is 11.2. The van der Waals surface area contributed by atoms with Crippen LogP contribution < -0.4 is 0 Å². The molecule has 0 aromatic rings. The first-order valence-corrected chi connectivity index (χ1v) is 8.27. The highest BCUT2D eigenvalue weighted by Gasteiger charge is 2.54. The van der Waals surface area contributed by atoms with Crippen LogP contribution in [0.5, 0.6) is 0 Å². The molecule has 0 spiro atoms. The molecule has 0 aromatic heterocycles. The fraction of sp³-hybridized carbons (Fsp3) is 0.714. The van der Waals surface area contributed by atoms with Gasteiger partial charge in [-0.15, -0.1) is 11.8 Å². The van der Waals surface area contributed by atoms with Gasteiger partial charge >= 0.3 is 23.9 Å². The number of ether oxygens (including phenoxy) is 5. The summed E-state index contributed by atoms with van der Waals surface area (Å²) in [5.74, 6) is -2.87. The molecular weight excluding hydrogens is 344 g/mol. The van der Waals surface area contributed by atoms with E-state index in [4.69, 9.17) is 18.9 Å². The third-order valence-corrected chi connectivity index (χ3v) is 3.91. The van der Waals surface area contributed by atoms with Crippen LogP contribution in [0.3, 0.4) is 0 Å². The highest BCUT2D eigenvalue weighted by Crippen LogP contribution is 2.33. The number of methoxy groups -OCH3 is 1. The molecule has 10 heteroatoms. The standard InChI is InChI=1S/C14H20O9S/c1-6(15)20-9-10(21-7(2)16)12(22-8(3)17)14(24-5)23-11(9)13(18)19-4/h9-12,14H,1-5H3/t9-,10+,11+,12-,14+/m1/s1. The molecule has 0 radical (unpaired) electrons. The highest BCUT2D eigenvalue weighted by atomic mass is 32.2. The molecule has 1 aliphatic heterocycles. The van der Waals surface area contributed by atoms with Crippen LogP contribution >= 0.6 is 11.8 Å². The second-order valence-electron chi connectivity index (χ2n) is 4.91. The lowest BCUT2D eigenvalue weighted by Gasteiger charge is -2.42. The fourth-order valence-corrected chi connectivity index (χ4v) is 2.98. The van der Waals surface area contributed by atoms with E-state index in [-0.39, 0.29) is 0 Å². The van der Waals surface area contributed by atoms with E-state index in [1.807, 2.05) is 0 Å². The van der Waals surface area contributed by atoms with Gasteiger partial charge in [-0.3, -0.25) is 14.4 Å². The van der Waals surface area contributed by atoms with E-state index in [2.05, 4.69) is 4.74 Å². The number of thioether (sulfide) groups is 1. The van der Waals surface area contributed by atoms with Crippen molar-refractivity contribution in [1.29, 1.82) is 0 Å². The van der Waals surface area contributed by atoms with Crippen LogP contribution in [0.25, 0.3) is 0 Å². The van der Waals surface area contributed by atoms with Gasteiger partial charge in [0.05, 0.1) is 7.11 Å². The van der Waals surface area contributed by atoms with E-state index < -0.39 is 53.7 Å². The largest absolute Gasteiger partial charge is 0.467 e. The molecule has 9 nitrogen and oxygen atoms in total. The Morgan fingerprint density at radius 2 is 1.29 bits per heavy atom. The van der Waals surface area contributed by atoms with E-state index in [1.165, 1.54) is 6.92 Å². The topological polar surface area (TPSA) is 114 Å². The molecule has 24 heavy (non-hydrogen) atoms. The minimum Gasteiger partial charge on any atom is -0.467 e. The summed E-state index contributed by atoms with van der Waals surface area (Å²) >= 11 is 1.14. The predicted octanol–water partition coefficient (Wildman–Crippen LogP) is 0.0424. The molecule has 0 aromatic carbocycles. The maximum Gasteiger partial charge on any atom is 0.339 e. The molecule has 5 atom stereocenters. The Morgan fingerprint density at radius 3 is 1.71 bits per heavy atom. The number of carbonyl (C=O) groups excluding carboxylic acids is 4. The first-order valence-electron chi connectivity index (χ1n) is 6.99. The molecule has 1 rings (SSSR count). The van der Waals surface area contributed by atoms with Crippen molar-refractivity contribution in [1.82, 2.24) is 0 Å². The molecule has 1 saturated heterocycles. The monoisotopic (exact) mass is 364 g/mol. The van der Waals surface area contributed by atoms with Crippen molar-refractivity contribution in [3.05, 3.63) is 0 Å². The molecule has 1 aliphatic rings. The SMILES string of the molecule is COC(=O)[C@H]1O[C@@H](SC)[C@H](OC(C)=O)[C@@H](OC(C)=O)[C@H]1OC(C)=O. The fourth-order valence-electron chi connectivity index (χ4n) is 2.27. The van der Waals surface area contributed by atoms with Gasteiger partial charge in [0, 0.05) is 20.8 Å². The normalized spacial score (nSPS) is 29.3. The lowest BCUT2D eigenvalue weighted by molar-refractivity contribution is -0.235. The zero-order chi connectivity index (χ0) is 18.4. The summed E-state index contributed by atoms with van der Waals surface area (Å²) in [6, 6.07) is 0. The Labute approximate surface area is 143 Å². The van der Waals surface area contributed by atoms with E-state index in [9.17, 15) is 19.2 Å². The number of carbonyl (C=O) groups is 4. The Morgan fingerprint density at radius 1 is 0.833 bits per heavy atom. The van der Waals surface area contributed by atoms with Crippen molar-refractivity contribution in [2.45, 2.75) is 50.6 Å². The van der Waals surface area contributed by atoms with Crippen LogP contribution in [0.4, 0.5) is 0 Å². The van der Waals surface area contributed by atoms with Crippen LogP contribution in [0.15, 0.2) is 0 Å². The summed E-state index contributed by atoms with van der Waals surface area (Å²) in [5, 5.41) is 0. The van der Waals surface area contributed by atoms with Crippen LogP contribution in [0.1, 0.15) is 20.8 Å². The number of hydrogen-bond acceptors (Lipinski definition) is 10. The van der Waals surface area contributed by atoms with Crippen LogP contribution in [-0.4, -0.2) is 67.1 Å². The molecule has 0 amide bonds. The molecule has 0 bridgehead atoms. The molecule has 136 valence electrons. The average molecular weight is 364 g/mol. The lowest BCUT2D eigenvalue weighted by atomic mass is 9.99. The van der Waals surface area contributed by atoms with Crippen molar-refractivity contribution < 1.29 is 42.9 Å². The third kappa shape index (κ3) is 5.10. The Hall–Kier alpha value is -1.81. The predicted molar refractivity (Wildman–Crippen MR) is 80.9 cm³/mol. The van der Waals surface area contributed by atoms with Gasteiger partial charge < -0.3 is 23.7 Å². The molecular formula is C14H20O9S. The first kappa shape index (κ1) is 20.2. The minimum absolute atomic E-state index is 0.641. The average Bonchev–Trinajstić information content (AvgIpc) is 2.48. The molecule has 0 unspecified atom stereocenters. The minimum atomic E-state index is -1.33. The number of rotatable bonds is 5. The molecule has 1 fully saturated rings. The quantitative estimate of drug-likeness (QED) is 0.489. The second kappa shape index (κ2) is 8.88. The van der Waals surface area contributed by atoms with E-state index in [1.54, 1.807) is 6.26 Å². The highest BCUT2D eigenvalue weighted by molar-refractivity contribution is 7.99. The third-order valence-electron chi connectivity index (χ3n) is 3.07. The van der Waals surface area contributed by atoms with Gasteiger partial charge in [-0.2, -0.15) is 0 Å². The summed E-state index contributed by atoms with van der Waals surface area (Å²) in [4.78, 5) is 46.2. The van der Waals surface area contributed by atoms with Crippen molar-refractivity contribution in [2.75, 3.05) is 13.4 Å². The van der Waals surface area contributed by atoms with E-state index in [0.29, 0.717) is 0 Å². The summed E-state index contributed by atoms with van der Waals surface area (Å²) in [7, 11) is 1.14. The maximum absolute atomic E-state index is 12.0. The van der Waals surface area contributed by atoms with Crippen molar-refractivity contribution in [3.8, 4) is 0 Å². The number of hydrogen-bond donors (Lipinski definition) is 0. The Bertz CT molecular complexity index is 506. The summed E-state index contributed by atoms with van der Waals surface area (Å²) in [5.41, 5.74) is -0.825. The Balaban J connectivity index is 3.28. The second-order valence-corrected chi connectivity index (χ2v) is 5.84. The van der Waals surface area contributed by atoms with Crippen molar-refractivity contribution >= 4 is 35.6 Å². The van der Waals surface area contributed by atoms with Gasteiger partial charge in [-0.25, -0.2) is 4.79 Å². The summed E-state index contributed by atoms with van der Waals surface area (Å²) < 4.78 is 25.7. The molecule has 1 heterocycles. The van der Waals surface area contributed by atoms with E-state index >= 15 is 0 Å².